The molecule has 1 heterocycles. The summed E-state index contributed by atoms with van der Waals surface area (Å²) in [5, 5.41) is 13.6. The molecule has 0 saturated carbocycles. The summed E-state index contributed by atoms with van der Waals surface area (Å²) in [5.74, 6) is 0.575. The molecular weight excluding hydrogens is 318 g/mol. The van der Waals surface area contributed by atoms with Crippen LogP contribution in [-0.4, -0.2) is 53.5 Å². The Morgan fingerprint density at radius 2 is 1.95 bits per heavy atom. The van der Waals surface area contributed by atoms with Crippen molar-refractivity contribution in [3.8, 4) is 0 Å². The van der Waals surface area contributed by atoms with E-state index in [9.17, 15) is 22.7 Å². The van der Waals surface area contributed by atoms with Crippen molar-refractivity contribution in [3.63, 3.8) is 0 Å². The first kappa shape index (κ1) is 15.9. The van der Waals surface area contributed by atoms with Gasteiger partial charge in [-0.1, -0.05) is 0 Å². The van der Waals surface area contributed by atoms with E-state index in [1.54, 1.807) is 0 Å². The van der Waals surface area contributed by atoms with E-state index in [1.165, 1.54) is 23.5 Å². The molecular formula is C11H15N3O5S2. The largest absolute Gasteiger partial charge is 0.383 e. The fourth-order valence-corrected chi connectivity index (χ4v) is 4.79. The number of hydrogen-bond donors (Lipinski definition) is 1. The number of hydrogen-bond acceptors (Lipinski definition) is 6. The highest BCUT2D eigenvalue weighted by Gasteiger charge is 2.29. The molecule has 21 heavy (non-hydrogen) atoms. The fraction of sp³-hybridized carbons (Fsp3) is 0.455. The van der Waals surface area contributed by atoms with Crippen LogP contribution in [0.3, 0.4) is 0 Å². The van der Waals surface area contributed by atoms with Gasteiger partial charge in [0.1, 0.15) is 5.69 Å². The van der Waals surface area contributed by atoms with Gasteiger partial charge in [-0.15, -0.1) is 0 Å². The lowest BCUT2D eigenvalue weighted by atomic mass is 10.3. The minimum atomic E-state index is -3.80. The van der Waals surface area contributed by atoms with Crippen LogP contribution in [0.5, 0.6) is 0 Å². The number of rotatable bonds is 4. The van der Waals surface area contributed by atoms with Gasteiger partial charge >= 0.3 is 0 Å². The van der Waals surface area contributed by atoms with E-state index in [0.29, 0.717) is 0 Å². The van der Waals surface area contributed by atoms with Gasteiger partial charge in [-0.05, 0) is 12.1 Å². The Hall–Kier alpha value is -1.52. The molecule has 0 amide bonds. The van der Waals surface area contributed by atoms with Crippen LogP contribution in [0, 0.1) is 10.1 Å². The molecule has 1 aromatic rings. The standard InChI is InChI=1S/C11H15N3O5S2/c1-12-10-3-2-9(8-11(10)14(15)16)21(18,19)13-4-6-20(17)7-5-13/h2-3,8,12H,4-7H2,1H3. The Bertz CT molecular complexity index is 679. The molecule has 0 bridgehead atoms. The van der Waals surface area contributed by atoms with E-state index < -0.39 is 25.7 Å². The molecule has 0 aromatic heterocycles. The predicted molar refractivity (Wildman–Crippen MR) is 79.3 cm³/mol. The van der Waals surface area contributed by atoms with E-state index in [0.717, 1.165) is 6.07 Å². The molecule has 0 spiro atoms. The van der Waals surface area contributed by atoms with E-state index in [4.69, 9.17) is 0 Å². The zero-order valence-corrected chi connectivity index (χ0v) is 12.9. The Balaban J connectivity index is 2.38. The van der Waals surface area contributed by atoms with Crippen LogP contribution in [0.25, 0.3) is 0 Å². The summed E-state index contributed by atoms with van der Waals surface area (Å²) >= 11 is 0. The van der Waals surface area contributed by atoms with Gasteiger partial charge in [0.15, 0.2) is 0 Å². The lowest BCUT2D eigenvalue weighted by Crippen LogP contribution is -2.41. The van der Waals surface area contributed by atoms with Gasteiger partial charge in [-0.3, -0.25) is 14.3 Å². The van der Waals surface area contributed by atoms with E-state index in [-0.39, 0.29) is 40.9 Å². The van der Waals surface area contributed by atoms with Crippen LogP contribution in [0.1, 0.15) is 0 Å². The Kier molecular flexibility index (Phi) is 4.59. The third-order valence-electron chi connectivity index (χ3n) is 3.21. The first-order valence-electron chi connectivity index (χ1n) is 6.17. The quantitative estimate of drug-likeness (QED) is 0.630. The van der Waals surface area contributed by atoms with Gasteiger partial charge in [0.05, 0.1) is 9.82 Å². The molecule has 1 saturated heterocycles. The molecule has 8 nitrogen and oxygen atoms in total. The Morgan fingerprint density at radius 1 is 1.33 bits per heavy atom. The first-order chi connectivity index (χ1) is 9.86. The summed E-state index contributed by atoms with van der Waals surface area (Å²) in [7, 11) is -3.27. The summed E-state index contributed by atoms with van der Waals surface area (Å²) in [6.45, 7) is 0.326. The van der Waals surface area contributed by atoms with Gasteiger partial charge in [0.2, 0.25) is 10.0 Å². The van der Waals surface area contributed by atoms with Crippen LogP contribution in [0.2, 0.25) is 0 Å². The highest BCUT2D eigenvalue weighted by molar-refractivity contribution is 7.89. The van der Waals surface area contributed by atoms with Crippen molar-refractivity contribution in [1.29, 1.82) is 0 Å². The molecule has 1 N–H and O–H groups in total. The van der Waals surface area contributed by atoms with Crippen molar-refractivity contribution in [2.75, 3.05) is 37.0 Å². The van der Waals surface area contributed by atoms with Crippen molar-refractivity contribution in [1.82, 2.24) is 4.31 Å². The third-order valence-corrected chi connectivity index (χ3v) is 6.38. The molecule has 0 aliphatic carbocycles. The molecule has 116 valence electrons. The zero-order valence-electron chi connectivity index (χ0n) is 11.3. The molecule has 1 aromatic carbocycles. The Morgan fingerprint density at radius 3 is 2.48 bits per heavy atom. The average molecular weight is 333 g/mol. The van der Waals surface area contributed by atoms with Gasteiger partial charge in [0.25, 0.3) is 5.69 Å². The summed E-state index contributed by atoms with van der Waals surface area (Å²) < 4.78 is 37.4. The maximum atomic E-state index is 12.5. The van der Waals surface area contributed by atoms with Crippen LogP contribution in [0.4, 0.5) is 11.4 Å². The van der Waals surface area contributed by atoms with Gasteiger partial charge in [-0.2, -0.15) is 4.31 Å². The van der Waals surface area contributed by atoms with E-state index in [2.05, 4.69) is 5.32 Å². The Labute approximate surface area is 124 Å². The fourth-order valence-electron chi connectivity index (χ4n) is 2.04. The monoisotopic (exact) mass is 333 g/mol. The molecule has 0 radical (unpaired) electrons. The van der Waals surface area contributed by atoms with Gasteiger partial charge in [-0.25, -0.2) is 8.42 Å². The first-order valence-corrected chi connectivity index (χ1v) is 9.10. The number of nitrogens with one attached hydrogen (secondary N) is 1. The summed E-state index contributed by atoms with van der Waals surface area (Å²) in [5.41, 5.74) is -0.0436. The van der Waals surface area contributed by atoms with Crippen molar-refractivity contribution >= 4 is 32.2 Å². The van der Waals surface area contributed by atoms with Gasteiger partial charge < -0.3 is 5.32 Å². The number of nitro benzene ring substituents is 1. The molecule has 0 unspecified atom stereocenters. The summed E-state index contributed by atoms with van der Waals surface area (Å²) in [4.78, 5) is 10.2. The summed E-state index contributed by atoms with van der Waals surface area (Å²) in [6.07, 6.45) is 0. The summed E-state index contributed by atoms with van der Waals surface area (Å²) in [6, 6.07) is 3.75. The number of nitrogens with zero attached hydrogens (tertiary/aromatic N) is 2. The smallest absolute Gasteiger partial charge is 0.293 e. The molecule has 1 aliphatic rings. The minimum Gasteiger partial charge on any atom is -0.383 e. The maximum absolute atomic E-state index is 12.5. The lowest BCUT2D eigenvalue weighted by molar-refractivity contribution is -0.384. The van der Waals surface area contributed by atoms with E-state index in [1.807, 2.05) is 0 Å². The zero-order chi connectivity index (χ0) is 15.6. The van der Waals surface area contributed by atoms with Crippen molar-refractivity contribution in [3.05, 3.63) is 28.3 Å². The maximum Gasteiger partial charge on any atom is 0.293 e. The average Bonchev–Trinajstić information content (AvgIpc) is 2.46. The highest BCUT2D eigenvalue weighted by atomic mass is 32.2. The molecule has 2 rings (SSSR count). The number of anilines is 1. The second kappa shape index (κ2) is 6.08. The normalized spacial score (nSPS) is 17.6. The SMILES string of the molecule is CNc1ccc(S(=O)(=O)N2CCS(=O)CC2)cc1[N+](=O)[O-]. The van der Waals surface area contributed by atoms with Gasteiger partial charge in [0, 0.05) is 48.5 Å². The molecule has 10 heteroatoms. The van der Waals surface area contributed by atoms with Crippen molar-refractivity contribution in [2.45, 2.75) is 4.90 Å². The van der Waals surface area contributed by atoms with Crippen molar-refractivity contribution in [2.24, 2.45) is 0 Å². The number of benzene rings is 1. The highest BCUT2D eigenvalue weighted by Crippen LogP contribution is 2.28. The predicted octanol–water partition coefficient (Wildman–Crippen LogP) is 0.389. The third kappa shape index (κ3) is 3.22. The van der Waals surface area contributed by atoms with Crippen molar-refractivity contribution < 1.29 is 17.6 Å². The van der Waals surface area contributed by atoms with Crippen LogP contribution >= 0.6 is 0 Å². The van der Waals surface area contributed by atoms with Crippen LogP contribution in [0.15, 0.2) is 23.1 Å². The second-order valence-corrected chi connectivity index (χ2v) is 8.07. The number of sulfonamides is 1. The van der Waals surface area contributed by atoms with Crippen LogP contribution < -0.4 is 5.32 Å². The lowest BCUT2D eigenvalue weighted by Gasteiger charge is -2.25. The minimum absolute atomic E-state index is 0.124. The van der Waals surface area contributed by atoms with E-state index >= 15 is 0 Å². The number of nitro groups is 1. The second-order valence-electron chi connectivity index (χ2n) is 4.44. The molecule has 1 fully saturated rings. The van der Waals surface area contributed by atoms with Crippen LogP contribution in [-0.2, 0) is 20.8 Å². The molecule has 0 atom stereocenters. The topological polar surface area (TPSA) is 110 Å². The molecule has 1 aliphatic heterocycles.